The number of nitrogens with one attached hydrogen (secondary N) is 1. The molecule has 3 N–H and O–H groups in total. The number of aryl methyl sites for hydroxylation is 1. The maximum Gasteiger partial charge on any atom is 0.254 e. The minimum atomic E-state index is -0.558. The number of likely N-dealkylation sites (N-methyl/N-ethyl adjacent to an activating group) is 1. The summed E-state index contributed by atoms with van der Waals surface area (Å²) in [5, 5.41) is 2.75. The molecule has 1 aliphatic heterocycles. The van der Waals surface area contributed by atoms with Crippen molar-refractivity contribution in [1.82, 2.24) is 10.2 Å². The number of anilines is 1. The number of piperidine rings is 1. The zero-order valence-electron chi connectivity index (χ0n) is 11.6. The smallest absolute Gasteiger partial charge is 0.254 e. The van der Waals surface area contributed by atoms with Crippen LogP contribution in [0, 0.1) is 12.7 Å². The fraction of sp³-hybridized carbons (Fsp3) is 0.429. The molecule has 0 aromatic heterocycles. The molecule has 0 radical (unpaired) electrons. The number of carbonyl (C=O) groups excluding carboxylic acids is 2. The summed E-state index contributed by atoms with van der Waals surface area (Å²) in [7, 11) is 1.69. The van der Waals surface area contributed by atoms with E-state index in [9.17, 15) is 14.0 Å². The van der Waals surface area contributed by atoms with Crippen LogP contribution < -0.4 is 11.1 Å². The van der Waals surface area contributed by atoms with Gasteiger partial charge in [-0.15, -0.1) is 0 Å². The molecule has 1 heterocycles. The Morgan fingerprint density at radius 2 is 2.20 bits per heavy atom. The number of amides is 2. The van der Waals surface area contributed by atoms with Crippen molar-refractivity contribution < 1.29 is 14.0 Å². The lowest BCUT2D eigenvalue weighted by Crippen LogP contribution is -2.48. The second-order valence-electron chi connectivity index (χ2n) is 5.18. The van der Waals surface area contributed by atoms with Crippen molar-refractivity contribution in [3.05, 3.63) is 29.1 Å². The lowest BCUT2D eigenvalue weighted by Gasteiger charge is -2.30. The summed E-state index contributed by atoms with van der Waals surface area (Å²) in [6, 6.07) is 2.65. The molecule has 5 nitrogen and oxygen atoms in total. The van der Waals surface area contributed by atoms with Crippen LogP contribution in [0.1, 0.15) is 28.8 Å². The maximum atomic E-state index is 13.9. The van der Waals surface area contributed by atoms with E-state index in [2.05, 4.69) is 5.32 Å². The molecule has 0 saturated carbocycles. The molecule has 20 heavy (non-hydrogen) atoms. The molecule has 1 aliphatic rings. The summed E-state index contributed by atoms with van der Waals surface area (Å²) in [5.41, 5.74) is 6.28. The standard InChI is InChI=1S/C14H18FN3O2/c1-8-5-9(16)6-11(13(8)15)14(20)17-10-3-4-12(19)18(2)7-10/h5-6,10H,3-4,7,16H2,1-2H3,(H,17,20). The van der Waals surface area contributed by atoms with Crippen molar-refractivity contribution in [3.8, 4) is 0 Å². The molecule has 1 aromatic carbocycles. The largest absolute Gasteiger partial charge is 0.399 e. The zero-order valence-corrected chi connectivity index (χ0v) is 11.6. The van der Waals surface area contributed by atoms with Crippen LogP contribution in [0.2, 0.25) is 0 Å². The summed E-state index contributed by atoms with van der Waals surface area (Å²) in [4.78, 5) is 25.1. The summed E-state index contributed by atoms with van der Waals surface area (Å²) in [6.45, 7) is 2.00. The molecule has 1 aromatic rings. The van der Waals surface area contributed by atoms with Gasteiger partial charge in [0.2, 0.25) is 5.91 Å². The Bertz CT molecular complexity index is 560. The van der Waals surface area contributed by atoms with Gasteiger partial charge in [0.25, 0.3) is 5.91 Å². The number of hydrogen-bond acceptors (Lipinski definition) is 3. The lowest BCUT2D eigenvalue weighted by molar-refractivity contribution is -0.132. The molecule has 1 unspecified atom stereocenters. The molecule has 1 fully saturated rings. The van der Waals surface area contributed by atoms with Gasteiger partial charge in [0.1, 0.15) is 5.82 Å². The van der Waals surface area contributed by atoms with E-state index in [1.807, 2.05) is 0 Å². The Balaban J connectivity index is 2.11. The predicted molar refractivity (Wildman–Crippen MR) is 73.7 cm³/mol. The van der Waals surface area contributed by atoms with E-state index in [1.165, 1.54) is 12.1 Å². The summed E-state index contributed by atoms with van der Waals surface area (Å²) in [5.74, 6) is -0.996. The monoisotopic (exact) mass is 279 g/mol. The number of carbonyl (C=O) groups is 2. The molecule has 108 valence electrons. The van der Waals surface area contributed by atoms with Gasteiger partial charge in [-0.05, 0) is 31.0 Å². The average molecular weight is 279 g/mol. The number of rotatable bonds is 2. The molecule has 0 spiro atoms. The highest BCUT2D eigenvalue weighted by Gasteiger charge is 2.25. The number of halogens is 1. The topological polar surface area (TPSA) is 75.4 Å². The van der Waals surface area contributed by atoms with Crippen molar-refractivity contribution in [2.24, 2.45) is 0 Å². The van der Waals surface area contributed by atoms with Gasteiger partial charge < -0.3 is 16.0 Å². The average Bonchev–Trinajstić information content (AvgIpc) is 2.38. The Morgan fingerprint density at radius 3 is 2.85 bits per heavy atom. The Hall–Kier alpha value is -2.11. The molecule has 2 amide bonds. The van der Waals surface area contributed by atoms with E-state index >= 15 is 0 Å². The Morgan fingerprint density at radius 1 is 1.50 bits per heavy atom. The van der Waals surface area contributed by atoms with Gasteiger partial charge in [-0.1, -0.05) is 0 Å². The van der Waals surface area contributed by atoms with Crippen molar-refractivity contribution in [1.29, 1.82) is 0 Å². The van der Waals surface area contributed by atoms with Gasteiger partial charge in [-0.2, -0.15) is 0 Å². The van der Waals surface area contributed by atoms with Gasteiger partial charge in [-0.25, -0.2) is 4.39 Å². The number of hydrogen-bond donors (Lipinski definition) is 2. The first-order chi connectivity index (χ1) is 9.38. The predicted octanol–water partition coefficient (Wildman–Crippen LogP) is 1.07. The van der Waals surface area contributed by atoms with E-state index in [0.29, 0.717) is 30.6 Å². The molecule has 1 saturated heterocycles. The first-order valence-electron chi connectivity index (χ1n) is 6.49. The van der Waals surface area contributed by atoms with Crippen molar-refractivity contribution in [2.75, 3.05) is 19.3 Å². The number of benzene rings is 1. The van der Waals surface area contributed by atoms with Gasteiger partial charge >= 0.3 is 0 Å². The van der Waals surface area contributed by atoms with E-state index in [0.717, 1.165) is 0 Å². The van der Waals surface area contributed by atoms with Crippen LogP contribution in [0.4, 0.5) is 10.1 Å². The van der Waals surface area contributed by atoms with Crippen LogP contribution in [0.5, 0.6) is 0 Å². The van der Waals surface area contributed by atoms with Crippen molar-refractivity contribution >= 4 is 17.5 Å². The first-order valence-corrected chi connectivity index (χ1v) is 6.49. The first kappa shape index (κ1) is 14.3. The van der Waals surface area contributed by atoms with Crippen LogP contribution in [-0.4, -0.2) is 36.3 Å². The fourth-order valence-corrected chi connectivity index (χ4v) is 2.36. The quantitative estimate of drug-likeness (QED) is 0.795. The Labute approximate surface area is 116 Å². The van der Waals surface area contributed by atoms with E-state index < -0.39 is 11.7 Å². The van der Waals surface area contributed by atoms with E-state index in [1.54, 1.807) is 18.9 Å². The fourth-order valence-electron chi connectivity index (χ4n) is 2.36. The maximum absolute atomic E-state index is 13.9. The van der Waals surface area contributed by atoms with E-state index in [4.69, 9.17) is 5.73 Å². The van der Waals surface area contributed by atoms with Crippen molar-refractivity contribution in [3.63, 3.8) is 0 Å². The van der Waals surface area contributed by atoms with E-state index in [-0.39, 0.29) is 17.5 Å². The number of nitrogen functional groups attached to an aromatic ring is 1. The van der Waals surface area contributed by atoms with Crippen LogP contribution in [0.3, 0.4) is 0 Å². The molecular formula is C14H18FN3O2. The molecular weight excluding hydrogens is 261 g/mol. The summed E-state index contributed by atoms with van der Waals surface area (Å²) < 4.78 is 13.9. The van der Waals surface area contributed by atoms with Crippen molar-refractivity contribution in [2.45, 2.75) is 25.8 Å². The highest BCUT2D eigenvalue weighted by atomic mass is 19.1. The SMILES string of the molecule is Cc1cc(N)cc(C(=O)NC2CCC(=O)N(C)C2)c1F. The second kappa shape index (κ2) is 5.48. The van der Waals surface area contributed by atoms with Gasteiger partial charge in [0.05, 0.1) is 5.56 Å². The zero-order chi connectivity index (χ0) is 14.9. The molecule has 0 aliphatic carbocycles. The number of likely N-dealkylation sites (tertiary alicyclic amines) is 1. The van der Waals surface area contributed by atoms with Crippen LogP contribution in [0.15, 0.2) is 12.1 Å². The number of nitrogens with two attached hydrogens (primary N) is 1. The highest BCUT2D eigenvalue weighted by Crippen LogP contribution is 2.18. The summed E-state index contributed by atoms with van der Waals surface area (Å²) >= 11 is 0. The minimum absolute atomic E-state index is 0.0537. The second-order valence-corrected chi connectivity index (χ2v) is 5.18. The van der Waals surface area contributed by atoms with Gasteiger partial charge in [0.15, 0.2) is 0 Å². The number of nitrogens with zero attached hydrogens (tertiary/aromatic N) is 1. The van der Waals surface area contributed by atoms with Crippen LogP contribution in [-0.2, 0) is 4.79 Å². The molecule has 1 atom stereocenters. The molecule has 0 bridgehead atoms. The van der Waals surface area contributed by atoms with Crippen LogP contribution in [0.25, 0.3) is 0 Å². The third-order valence-electron chi connectivity index (χ3n) is 3.48. The van der Waals surface area contributed by atoms with Gasteiger partial charge in [0, 0.05) is 31.7 Å². The third kappa shape index (κ3) is 2.89. The lowest BCUT2D eigenvalue weighted by atomic mass is 10.0. The summed E-state index contributed by atoms with van der Waals surface area (Å²) in [6.07, 6.45) is 0.956. The Kier molecular flexibility index (Phi) is 3.92. The highest BCUT2D eigenvalue weighted by molar-refractivity contribution is 5.96. The minimum Gasteiger partial charge on any atom is -0.399 e. The third-order valence-corrected chi connectivity index (χ3v) is 3.48. The molecule has 6 heteroatoms. The van der Waals surface area contributed by atoms with Gasteiger partial charge in [-0.3, -0.25) is 9.59 Å². The molecule has 2 rings (SSSR count). The normalized spacial score (nSPS) is 19.1. The van der Waals surface area contributed by atoms with Crippen LogP contribution >= 0.6 is 0 Å².